The van der Waals surface area contributed by atoms with E-state index in [1.165, 1.54) is 34.8 Å². The van der Waals surface area contributed by atoms with Gasteiger partial charge in [-0.1, -0.05) is 60.7 Å². The molecule has 8 heterocycles. The minimum absolute atomic E-state index is 0.101. The van der Waals surface area contributed by atoms with E-state index in [1.807, 2.05) is 47.9 Å². The number of fused-ring (bicyclic) bond motifs is 6. The smallest absolute Gasteiger partial charge is 0.258 e. The summed E-state index contributed by atoms with van der Waals surface area (Å²) in [6.07, 6.45) is 10.4. The predicted molar refractivity (Wildman–Crippen MR) is 257 cm³/mol. The molecule has 0 saturated carbocycles. The number of aromatic nitrogens is 4. The van der Waals surface area contributed by atoms with Gasteiger partial charge >= 0.3 is 0 Å². The molecule has 4 aliphatic rings. The first kappa shape index (κ1) is 46.8. The number of hydrogen-bond acceptors (Lipinski definition) is 12. The molecule has 0 radical (unpaired) electrons. The van der Waals surface area contributed by atoms with Crippen LogP contribution in [0, 0.1) is 35.3 Å². The zero-order valence-electron chi connectivity index (χ0n) is 37.2. The van der Waals surface area contributed by atoms with Crippen molar-refractivity contribution in [3.05, 3.63) is 174 Å². The first-order valence-corrected chi connectivity index (χ1v) is 24.2. The summed E-state index contributed by atoms with van der Waals surface area (Å²) in [5, 5.41) is 31.0. The molecule has 68 heavy (non-hydrogen) atoms. The highest BCUT2D eigenvalue weighted by Crippen LogP contribution is 2.51. The summed E-state index contributed by atoms with van der Waals surface area (Å²) in [5.74, 6) is -2.50. The highest BCUT2D eigenvalue weighted by Gasteiger charge is 2.57. The van der Waals surface area contributed by atoms with Crippen molar-refractivity contribution in [3.63, 3.8) is 0 Å². The Morgan fingerprint density at radius 3 is 1.43 bits per heavy atom. The van der Waals surface area contributed by atoms with Crippen LogP contribution in [0.1, 0.15) is 59.6 Å². The Hall–Kier alpha value is -6.28. The monoisotopic (exact) mass is 960 g/mol. The SMILES string of the molecule is C/C=C/c1ccc2n(c1=O)C[C@@H]1[C@@H](CO)[C@H](C(=O)Nc3nccs3)N(Cc3ccccc3F)[C@H]21.C/C=C\c1ccc2n(c1=O)C[C@@H]1[C@@H](CO)[C@H](C(=O)Nc3nccs3)N(Cc3ccccc3F)[C@H]21. The molecule has 6 aromatic rings. The third-order valence-electron chi connectivity index (χ3n) is 13.6. The number of pyridine rings is 2. The van der Waals surface area contributed by atoms with E-state index in [1.54, 1.807) is 93.0 Å². The average Bonchev–Trinajstić information content (AvgIpc) is 4.20. The van der Waals surface area contributed by atoms with Crippen LogP contribution in [0.3, 0.4) is 0 Å². The third-order valence-corrected chi connectivity index (χ3v) is 15.0. The van der Waals surface area contributed by atoms with Crippen molar-refractivity contribution in [1.82, 2.24) is 28.9 Å². The van der Waals surface area contributed by atoms with Crippen LogP contribution < -0.4 is 21.8 Å². The molecule has 0 aliphatic carbocycles. The van der Waals surface area contributed by atoms with E-state index < -0.39 is 23.9 Å². The van der Waals surface area contributed by atoms with Gasteiger partial charge in [-0.25, -0.2) is 18.7 Å². The molecular weight excluding hydrogens is 911 g/mol. The number of amides is 2. The second-order valence-corrected chi connectivity index (χ2v) is 19.0. The number of likely N-dealkylation sites (tertiary alicyclic amines) is 2. The molecule has 2 saturated heterocycles. The number of allylic oxidation sites excluding steroid dienone is 2. The first-order valence-electron chi connectivity index (χ1n) is 22.4. The molecule has 18 heteroatoms. The van der Waals surface area contributed by atoms with Crippen molar-refractivity contribution in [1.29, 1.82) is 0 Å². The number of halogens is 2. The lowest BCUT2D eigenvalue weighted by atomic mass is 9.88. The molecule has 8 atom stereocenters. The Morgan fingerprint density at radius 1 is 0.662 bits per heavy atom. The van der Waals surface area contributed by atoms with E-state index >= 15 is 0 Å². The molecule has 10 rings (SSSR count). The number of hydrogen-bond donors (Lipinski definition) is 4. The lowest BCUT2D eigenvalue weighted by molar-refractivity contribution is -0.123. The van der Waals surface area contributed by atoms with E-state index in [9.17, 15) is 38.2 Å². The van der Waals surface area contributed by atoms with Crippen molar-refractivity contribution < 1.29 is 28.6 Å². The molecule has 14 nitrogen and oxygen atoms in total. The largest absolute Gasteiger partial charge is 0.396 e. The second kappa shape index (κ2) is 20.1. The fourth-order valence-electron chi connectivity index (χ4n) is 10.8. The normalized spacial score (nSPS) is 23.9. The Morgan fingerprint density at radius 2 is 1.07 bits per heavy atom. The zero-order valence-corrected chi connectivity index (χ0v) is 38.8. The summed E-state index contributed by atoms with van der Waals surface area (Å²) >= 11 is 2.62. The third kappa shape index (κ3) is 8.71. The fraction of sp³-hybridized carbons (Fsp3) is 0.320. The standard InChI is InChI=1S/2C25H25FN4O3S/c2*1-2-5-15-8-9-20-21-17(13-29(20)24(15)33)18(14-31)22(23(32)28-25-27-10-11-34-25)30(21)12-16-6-3-4-7-19(16)26/h2*2-11,17-18,21-22,31H,12-14H2,1H3,(H,27,28,32)/b5-2+;5-2-/t2*17-,18-,21+,22-/m11/s1. The zero-order chi connectivity index (χ0) is 47.6. The summed E-state index contributed by atoms with van der Waals surface area (Å²) in [6, 6.07) is 18.3. The van der Waals surface area contributed by atoms with Crippen LogP contribution in [0.2, 0.25) is 0 Å². The summed E-state index contributed by atoms with van der Waals surface area (Å²) < 4.78 is 32.8. The number of nitrogens with zero attached hydrogens (tertiary/aromatic N) is 6. The van der Waals surface area contributed by atoms with Crippen molar-refractivity contribution in [2.24, 2.45) is 23.7 Å². The topological polar surface area (TPSA) is 175 Å². The molecule has 4 N–H and O–H groups in total. The molecule has 0 spiro atoms. The highest BCUT2D eigenvalue weighted by molar-refractivity contribution is 7.14. The van der Waals surface area contributed by atoms with Crippen LogP contribution >= 0.6 is 22.7 Å². The van der Waals surface area contributed by atoms with Crippen LogP contribution in [0.5, 0.6) is 0 Å². The molecule has 2 amide bonds. The van der Waals surface area contributed by atoms with Crippen LogP contribution in [0.25, 0.3) is 12.2 Å². The quantitative estimate of drug-likeness (QED) is 0.105. The Bertz CT molecular complexity index is 2780. The molecule has 2 aromatic carbocycles. The maximum atomic E-state index is 14.6. The number of nitrogens with one attached hydrogen (secondary N) is 2. The summed E-state index contributed by atoms with van der Waals surface area (Å²) in [7, 11) is 0. The fourth-order valence-corrected chi connectivity index (χ4v) is 11.9. The van der Waals surface area contributed by atoms with Crippen LogP contribution in [-0.4, -0.2) is 76.2 Å². The number of rotatable bonds is 12. The van der Waals surface area contributed by atoms with Gasteiger partial charge in [-0.15, -0.1) is 22.7 Å². The molecular formula is C50H50F2N8O6S2. The number of benzene rings is 2. The van der Waals surface area contributed by atoms with E-state index in [0.29, 0.717) is 45.6 Å². The summed E-state index contributed by atoms with van der Waals surface area (Å²) in [6.45, 7) is 4.39. The predicted octanol–water partition coefficient (Wildman–Crippen LogP) is 6.56. The Balaban J connectivity index is 0.000000170. The van der Waals surface area contributed by atoms with Crippen molar-refractivity contribution in [2.75, 3.05) is 23.8 Å². The number of aliphatic hydroxyl groups is 2. The van der Waals surface area contributed by atoms with Gasteiger partial charge < -0.3 is 30.0 Å². The van der Waals surface area contributed by atoms with Crippen LogP contribution in [0.4, 0.5) is 19.0 Å². The first-order chi connectivity index (χ1) is 33.1. The van der Waals surface area contributed by atoms with Gasteiger partial charge in [-0.05, 0) is 50.2 Å². The molecule has 0 unspecified atom stereocenters. The Labute approximate surface area is 398 Å². The van der Waals surface area contributed by atoms with Gasteiger partial charge in [0.1, 0.15) is 11.6 Å². The number of thiazole rings is 2. The van der Waals surface area contributed by atoms with Gasteiger partial charge in [0.15, 0.2) is 10.3 Å². The number of carbonyl (C=O) groups is 2. The molecule has 2 fully saturated rings. The van der Waals surface area contributed by atoms with Crippen molar-refractivity contribution in [2.45, 2.75) is 64.2 Å². The van der Waals surface area contributed by atoms with E-state index in [-0.39, 0.29) is 84.8 Å². The van der Waals surface area contributed by atoms with Crippen LogP contribution in [0.15, 0.2) is 118 Å². The maximum absolute atomic E-state index is 14.6. The molecule has 4 aliphatic heterocycles. The summed E-state index contributed by atoms with van der Waals surface area (Å²) in [5.41, 5.74) is 3.45. The molecule has 352 valence electrons. The van der Waals surface area contributed by atoms with Gasteiger partial charge in [0.05, 0.1) is 24.2 Å². The lowest BCUT2D eigenvalue weighted by Gasteiger charge is -2.30. The van der Waals surface area contributed by atoms with Crippen LogP contribution in [-0.2, 0) is 35.8 Å². The van der Waals surface area contributed by atoms with Gasteiger partial charge in [0.2, 0.25) is 11.8 Å². The minimum Gasteiger partial charge on any atom is -0.396 e. The van der Waals surface area contributed by atoms with Gasteiger partial charge in [-0.2, -0.15) is 0 Å². The van der Waals surface area contributed by atoms with E-state index in [0.717, 1.165) is 11.4 Å². The van der Waals surface area contributed by atoms with E-state index in [4.69, 9.17) is 0 Å². The van der Waals surface area contributed by atoms with Gasteiger partial charge in [-0.3, -0.25) is 29.0 Å². The summed E-state index contributed by atoms with van der Waals surface area (Å²) in [4.78, 5) is 65.3. The Kier molecular flexibility index (Phi) is 13.9. The molecule has 4 aromatic heterocycles. The van der Waals surface area contributed by atoms with Gasteiger partial charge in [0.25, 0.3) is 11.1 Å². The second-order valence-electron chi connectivity index (χ2n) is 17.2. The lowest BCUT2D eigenvalue weighted by Crippen LogP contribution is -2.45. The highest BCUT2D eigenvalue weighted by atomic mass is 32.1. The van der Waals surface area contributed by atoms with Crippen molar-refractivity contribution >= 4 is 56.9 Å². The number of anilines is 2. The van der Waals surface area contributed by atoms with Crippen molar-refractivity contribution in [3.8, 4) is 0 Å². The maximum Gasteiger partial charge on any atom is 0.258 e. The minimum atomic E-state index is -0.706. The molecule has 0 bridgehead atoms. The average molecular weight is 961 g/mol. The number of aliphatic hydroxyl groups excluding tert-OH is 2. The number of carbonyl (C=O) groups excluding carboxylic acids is 2. The van der Waals surface area contributed by atoms with Gasteiger partial charge in [0, 0.05) is 120 Å². The van der Waals surface area contributed by atoms with E-state index in [2.05, 4.69) is 20.6 Å².